The number of aryl methyl sites for hydroxylation is 1. The van der Waals surface area contributed by atoms with E-state index in [9.17, 15) is 9.59 Å². The number of hydrogen-bond donors (Lipinski definition) is 1. The Bertz CT molecular complexity index is 723. The van der Waals surface area contributed by atoms with E-state index in [4.69, 9.17) is 0 Å². The first kappa shape index (κ1) is 18.1. The Morgan fingerprint density at radius 1 is 1.15 bits per heavy atom. The van der Waals surface area contributed by atoms with Crippen molar-refractivity contribution >= 4 is 11.8 Å². The second-order valence-corrected chi connectivity index (χ2v) is 6.59. The van der Waals surface area contributed by atoms with Crippen LogP contribution < -0.4 is 5.32 Å². The molecule has 7 nitrogen and oxygen atoms in total. The standard InChI is InChI=1S/C19H25N5O2/c25-18(8-5-11-24-15-20-14-22-24)21-13-16-6-4-7-17(12-16)19(26)23-9-2-1-3-10-23/h4,6-7,12,14-15H,1-3,5,8-11,13H2,(H,21,25). The van der Waals surface area contributed by atoms with Crippen molar-refractivity contribution in [1.82, 2.24) is 25.0 Å². The predicted molar refractivity (Wildman–Crippen MR) is 97.3 cm³/mol. The van der Waals surface area contributed by atoms with Gasteiger partial charge in [-0.1, -0.05) is 12.1 Å². The molecule has 2 aromatic rings. The average molecular weight is 355 g/mol. The molecule has 0 spiro atoms. The third-order valence-corrected chi connectivity index (χ3v) is 4.56. The highest BCUT2D eigenvalue weighted by atomic mass is 16.2. The largest absolute Gasteiger partial charge is 0.352 e. The van der Waals surface area contributed by atoms with Gasteiger partial charge < -0.3 is 10.2 Å². The maximum Gasteiger partial charge on any atom is 0.253 e. The zero-order valence-electron chi connectivity index (χ0n) is 14.9. The van der Waals surface area contributed by atoms with Crippen LogP contribution >= 0.6 is 0 Å². The number of hydrogen-bond acceptors (Lipinski definition) is 4. The zero-order valence-corrected chi connectivity index (χ0v) is 14.9. The summed E-state index contributed by atoms with van der Waals surface area (Å²) in [5.41, 5.74) is 1.64. The lowest BCUT2D eigenvalue weighted by Crippen LogP contribution is -2.35. The molecule has 0 aliphatic carbocycles. The fourth-order valence-corrected chi connectivity index (χ4v) is 3.13. The number of nitrogens with zero attached hydrogens (tertiary/aromatic N) is 4. The molecule has 3 rings (SSSR count). The first-order valence-electron chi connectivity index (χ1n) is 9.20. The van der Waals surface area contributed by atoms with Gasteiger partial charge in [0.2, 0.25) is 5.91 Å². The van der Waals surface area contributed by atoms with E-state index >= 15 is 0 Å². The fraction of sp³-hybridized carbons (Fsp3) is 0.474. The van der Waals surface area contributed by atoms with E-state index in [0.717, 1.165) is 31.5 Å². The van der Waals surface area contributed by atoms with E-state index in [1.54, 1.807) is 11.0 Å². The second kappa shape index (κ2) is 9.12. The van der Waals surface area contributed by atoms with Crippen LogP contribution in [0.5, 0.6) is 0 Å². The molecule has 26 heavy (non-hydrogen) atoms. The van der Waals surface area contributed by atoms with E-state index in [1.165, 1.54) is 12.7 Å². The van der Waals surface area contributed by atoms with Crippen molar-refractivity contribution in [2.24, 2.45) is 0 Å². The molecule has 7 heteroatoms. The Labute approximate surface area is 153 Å². The van der Waals surface area contributed by atoms with Crippen molar-refractivity contribution in [1.29, 1.82) is 0 Å². The van der Waals surface area contributed by atoms with E-state index in [-0.39, 0.29) is 11.8 Å². The third-order valence-electron chi connectivity index (χ3n) is 4.56. The molecular weight excluding hydrogens is 330 g/mol. The van der Waals surface area contributed by atoms with Crippen LogP contribution in [-0.2, 0) is 17.9 Å². The van der Waals surface area contributed by atoms with Gasteiger partial charge in [0.25, 0.3) is 5.91 Å². The van der Waals surface area contributed by atoms with Crippen LogP contribution in [0.3, 0.4) is 0 Å². The molecule has 1 saturated heterocycles. The van der Waals surface area contributed by atoms with Crippen molar-refractivity contribution in [3.63, 3.8) is 0 Å². The van der Waals surface area contributed by atoms with Crippen molar-refractivity contribution in [2.45, 2.75) is 45.2 Å². The lowest BCUT2D eigenvalue weighted by Gasteiger charge is -2.26. The molecule has 1 N–H and O–H groups in total. The summed E-state index contributed by atoms with van der Waals surface area (Å²) in [6.07, 6.45) is 7.63. The van der Waals surface area contributed by atoms with Crippen LogP contribution in [0.2, 0.25) is 0 Å². The molecule has 0 radical (unpaired) electrons. The molecule has 1 fully saturated rings. The minimum Gasteiger partial charge on any atom is -0.352 e. The summed E-state index contributed by atoms with van der Waals surface area (Å²) < 4.78 is 1.71. The highest BCUT2D eigenvalue weighted by Gasteiger charge is 2.18. The summed E-state index contributed by atoms with van der Waals surface area (Å²) in [5.74, 6) is 0.0867. The maximum absolute atomic E-state index is 12.6. The van der Waals surface area contributed by atoms with E-state index in [2.05, 4.69) is 15.4 Å². The number of aromatic nitrogens is 3. The number of likely N-dealkylation sites (tertiary alicyclic amines) is 1. The van der Waals surface area contributed by atoms with Crippen LogP contribution in [-0.4, -0.2) is 44.6 Å². The monoisotopic (exact) mass is 355 g/mol. The summed E-state index contributed by atoms with van der Waals surface area (Å²) in [6.45, 7) is 2.79. The molecule has 1 aromatic carbocycles. The third kappa shape index (κ3) is 5.15. The Hall–Kier alpha value is -2.70. The second-order valence-electron chi connectivity index (χ2n) is 6.59. The molecule has 1 aromatic heterocycles. The number of nitrogens with one attached hydrogen (secondary N) is 1. The van der Waals surface area contributed by atoms with Gasteiger partial charge in [0.05, 0.1) is 0 Å². The van der Waals surface area contributed by atoms with Gasteiger partial charge in [-0.25, -0.2) is 4.98 Å². The van der Waals surface area contributed by atoms with E-state index < -0.39 is 0 Å². The summed E-state index contributed by atoms with van der Waals surface area (Å²) in [4.78, 5) is 30.3. The van der Waals surface area contributed by atoms with Gasteiger partial charge in [-0.2, -0.15) is 5.10 Å². The van der Waals surface area contributed by atoms with Gasteiger partial charge in [-0.3, -0.25) is 14.3 Å². The van der Waals surface area contributed by atoms with Crippen molar-refractivity contribution < 1.29 is 9.59 Å². The van der Waals surface area contributed by atoms with Crippen LogP contribution in [0, 0.1) is 0 Å². The maximum atomic E-state index is 12.6. The molecule has 1 aliphatic rings. The molecule has 0 bridgehead atoms. The van der Waals surface area contributed by atoms with Crippen molar-refractivity contribution in [2.75, 3.05) is 13.1 Å². The Morgan fingerprint density at radius 2 is 2.00 bits per heavy atom. The Morgan fingerprint density at radius 3 is 2.77 bits per heavy atom. The van der Waals surface area contributed by atoms with Crippen LogP contribution in [0.1, 0.15) is 48.0 Å². The first-order chi connectivity index (χ1) is 12.7. The smallest absolute Gasteiger partial charge is 0.253 e. The molecule has 0 atom stereocenters. The number of amides is 2. The van der Waals surface area contributed by atoms with Gasteiger partial charge in [-0.15, -0.1) is 0 Å². The van der Waals surface area contributed by atoms with Gasteiger partial charge in [-0.05, 0) is 43.4 Å². The van der Waals surface area contributed by atoms with Crippen molar-refractivity contribution in [3.8, 4) is 0 Å². The highest BCUT2D eigenvalue weighted by Crippen LogP contribution is 2.14. The minimum absolute atomic E-state index is 0.00197. The molecule has 2 amide bonds. The number of carbonyl (C=O) groups is 2. The van der Waals surface area contributed by atoms with Crippen LogP contribution in [0.4, 0.5) is 0 Å². The van der Waals surface area contributed by atoms with Crippen LogP contribution in [0.15, 0.2) is 36.9 Å². The van der Waals surface area contributed by atoms with E-state index in [1.807, 2.05) is 29.2 Å². The van der Waals surface area contributed by atoms with E-state index in [0.29, 0.717) is 31.5 Å². The number of piperidine rings is 1. The molecule has 2 heterocycles. The molecule has 1 aliphatic heterocycles. The van der Waals surface area contributed by atoms with Gasteiger partial charge >= 0.3 is 0 Å². The van der Waals surface area contributed by atoms with Crippen LogP contribution in [0.25, 0.3) is 0 Å². The summed E-state index contributed by atoms with van der Waals surface area (Å²) >= 11 is 0. The number of rotatable bonds is 7. The van der Waals surface area contributed by atoms with Gasteiger partial charge in [0, 0.05) is 38.2 Å². The van der Waals surface area contributed by atoms with Gasteiger partial charge in [0.1, 0.15) is 12.7 Å². The summed E-state index contributed by atoms with van der Waals surface area (Å²) in [7, 11) is 0. The fourth-order valence-electron chi connectivity index (χ4n) is 3.13. The normalized spacial score (nSPS) is 14.2. The topological polar surface area (TPSA) is 80.1 Å². The first-order valence-corrected chi connectivity index (χ1v) is 9.20. The summed E-state index contributed by atoms with van der Waals surface area (Å²) in [5, 5.41) is 6.92. The van der Waals surface area contributed by atoms with Crippen molar-refractivity contribution in [3.05, 3.63) is 48.0 Å². The molecule has 0 unspecified atom stereocenters. The lowest BCUT2D eigenvalue weighted by molar-refractivity contribution is -0.121. The Kier molecular flexibility index (Phi) is 6.35. The quantitative estimate of drug-likeness (QED) is 0.824. The summed E-state index contributed by atoms with van der Waals surface area (Å²) in [6, 6.07) is 7.54. The van der Waals surface area contributed by atoms with Gasteiger partial charge in [0.15, 0.2) is 0 Å². The Balaban J connectivity index is 1.45. The molecule has 0 saturated carbocycles. The average Bonchev–Trinajstić information content (AvgIpc) is 3.20. The molecular formula is C19H25N5O2. The lowest BCUT2D eigenvalue weighted by atomic mass is 10.1. The highest BCUT2D eigenvalue weighted by molar-refractivity contribution is 5.94. The predicted octanol–water partition coefficient (Wildman–Crippen LogP) is 2.00. The molecule has 138 valence electrons. The minimum atomic E-state index is -0.00197. The SMILES string of the molecule is O=C(CCCn1cncn1)NCc1cccc(C(=O)N2CCCCC2)c1. The number of benzene rings is 1. The number of carbonyl (C=O) groups excluding carboxylic acids is 2. The zero-order chi connectivity index (χ0) is 18.2.